The molecule has 148 valence electrons. The molecule has 1 aromatic carbocycles. The lowest BCUT2D eigenvalue weighted by atomic mass is 10.0. The zero-order chi connectivity index (χ0) is 20.3. The predicted octanol–water partition coefficient (Wildman–Crippen LogP) is 1.55. The summed E-state index contributed by atoms with van der Waals surface area (Å²) in [7, 11) is 0. The maximum Gasteiger partial charge on any atom is 0.437 e. The Morgan fingerprint density at radius 2 is 2.00 bits per heavy atom. The largest absolute Gasteiger partial charge is 0.463 e. The topological polar surface area (TPSA) is 115 Å². The van der Waals surface area contributed by atoms with Crippen LogP contribution in [0.2, 0.25) is 0 Å². The number of halogens is 1. The minimum Gasteiger partial charge on any atom is -0.463 e. The van der Waals surface area contributed by atoms with Crippen molar-refractivity contribution in [2.24, 2.45) is 0 Å². The summed E-state index contributed by atoms with van der Waals surface area (Å²) in [6.45, 7) is 3.45. The smallest absolute Gasteiger partial charge is 0.437 e. The molecule has 3 rings (SSSR count). The predicted molar refractivity (Wildman–Crippen MR) is 95.6 cm³/mol. The lowest BCUT2D eigenvalue weighted by molar-refractivity contribution is -0.139. The van der Waals surface area contributed by atoms with Crippen LogP contribution in [0.15, 0.2) is 44.7 Å². The van der Waals surface area contributed by atoms with Crippen LogP contribution in [-0.4, -0.2) is 34.4 Å². The Bertz CT molecular complexity index is 977. The Labute approximate surface area is 159 Å². The Morgan fingerprint density at radius 3 is 2.64 bits per heavy atom. The van der Waals surface area contributed by atoms with Crippen LogP contribution in [0.5, 0.6) is 0 Å². The third-order valence-corrected chi connectivity index (χ3v) is 4.15. The standard InChI is InChI=1S/C18H19FN4O5/c1-3-12-14(16(24)27-4-2)13(21-17(25)20-12)9-23-18(26)28-15(22-23)10-5-7-11(19)8-6-10/h5-8,12H,3-4,9H2,1-2H3,(H2,20,21,25)/t12-/m1/s1. The number of nitrogens with zero attached hydrogens (tertiary/aromatic N) is 2. The lowest BCUT2D eigenvalue weighted by Gasteiger charge is -2.28. The average Bonchev–Trinajstić information content (AvgIpc) is 3.02. The molecule has 2 heterocycles. The summed E-state index contributed by atoms with van der Waals surface area (Å²) in [5.74, 6) is -1.81. The molecule has 1 aliphatic rings. The number of rotatable bonds is 6. The van der Waals surface area contributed by atoms with E-state index in [4.69, 9.17) is 9.15 Å². The normalized spacial score (nSPS) is 16.5. The molecule has 0 saturated heterocycles. The fraction of sp³-hybridized carbons (Fsp3) is 0.333. The lowest BCUT2D eigenvalue weighted by Crippen LogP contribution is -2.51. The SMILES string of the molecule is CCOC(=O)C1=C(Cn2nc(-c3ccc(F)cc3)oc2=O)NC(=O)N[C@@H]1CC. The third kappa shape index (κ3) is 3.95. The number of carbonyl (C=O) groups is 2. The van der Waals surface area contributed by atoms with E-state index in [1.807, 2.05) is 6.92 Å². The van der Waals surface area contributed by atoms with Gasteiger partial charge in [0.15, 0.2) is 0 Å². The Kier molecular flexibility index (Phi) is 5.57. The van der Waals surface area contributed by atoms with E-state index in [-0.39, 0.29) is 30.3 Å². The maximum absolute atomic E-state index is 13.1. The van der Waals surface area contributed by atoms with Crippen molar-refractivity contribution in [1.82, 2.24) is 20.4 Å². The second-order valence-corrected chi connectivity index (χ2v) is 6.01. The molecule has 1 aromatic heterocycles. The molecular weight excluding hydrogens is 371 g/mol. The number of hydrogen-bond acceptors (Lipinski definition) is 6. The van der Waals surface area contributed by atoms with Crippen molar-refractivity contribution in [3.05, 3.63) is 51.9 Å². The van der Waals surface area contributed by atoms with Gasteiger partial charge < -0.3 is 19.8 Å². The highest BCUT2D eigenvalue weighted by atomic mass is 19.1. The summed E-state index contributed by atoms with van der Waals surface area (Å²) >= 11 is 0. The Morgan fingerprint density at radius 1 is 1.29 bits per heavy atom. The zero-order valence-corrected chi connectivity index (χ0v) is 15.3. The van der Waals surface area contributed by atoms with Crippen molar-refractivity contribution in [2.75, 3.05) is 6.61 Å². The fourth-order valence-corrected chi connectivity index (χ4v) is 2.85. The number of benzene rings is 1. The van der Waals surface area contributed by atoms with Crippen molar-refractivity contribution in [1.29, 1.82) is 0 Å². The van der Waals surface area contributed by atoms with E-state index in [1.54, 1.807) is 6.92 Å². The van der Waals surface area contributed by atoms with Crippen LogP contribution in [-0.2, 0) is 16.1 Å². The van der Waals surface area contributed by atoms with Gasteiger partial charge in [0.25, 0.3) is 0 Å². The van der Waals surface area contributed by atoms with Crippen LogP contribution in [0.1, 0.15) is 20.3 Å². The van der Waals surface area contributed by atoms with Gasteiger partial charge in [-0.05, 0) is 37.6 Å². The molecule has 0 unspecified atom stereocenters. The first kappa shape index (κ1) is 19.3. The molecule has 0 fully saturated rings. The van der Waals surface area contributed by atoms with E-state index in [1.165, 1.54) is 24.3 Å². The summed E-state index contributed by atoms with van der Waals surface area (Å²) in [4.78, 5) is 36.5. The summed E-state index contributed by atoms with van der Waals surface area (Å²) in [6, 6.07) is 4.23. The molecular formula is C18H19FN4O5. The Balaban J connectivity index is 1.97. The minimum absolute atomic E-state index is 0.00409. The van der Waals surface area contributed by atoms with Crippen molar-refractivity contribution in [2.45, 2.75) is 32.9 Å². The first-order valence-electron chi connectivity index (χ1n) is 8.74. The van der Waals surface area contributed by atoms with E-state index < -0.39 is 29.6 Å². The number of urea groups is 1. The molecule has 1 atom stereocenters. The molecule has 0 radical (unpaired) electrons. The first-order valence-corrected chi connectivity index (χ1v) is 8.74. The van der Waals surface area contributed by atoms with E-state index in [9.17, 15) is 18.8 Å². The van der Waals surface area contributed by atoms with Crippen molar-refractivity contribution >= 4 is 12.0 Å². The van der Waals surface area contributed by atoms with Crippen molar-refractivity contribution < 1.29 is 23.1 Å². The molecule has 0 bridgehead atoms. The number of aromatic nitrogens is 2. The highest BCUT2D eigenvalue weighted by Gasteiger charge is 2.32. The van der Waals surface area contributed by atoms with Gasteiger partial charge in [0.05, 0.1) is 30.5 Å². The van der Waals surface area contributed by atoms with Gasteiger partial charge in [0.1, 0.15) is 5.82 Å². The number of carbonyl (C=O) groups excluding carboxylic acids is 2. The van der Waals surface area contributed by atoms with Crippen LogP contribution in [0.3, 0.4) is 0 Å². The molecule has 0 saturated carbocycles. The summed E-state index contributed by atoms with van der Waals surface area (Å²) in [6.07, 6.45) is 0.458. The van der Waals surface area contributed by atoms with E-state index in [0.29, 0.717) is 12.0 Å². The average molecular weight is 390 g/mol. The molecule has 2 aromatic rings. The number of amides is 2. The van der Waals surface area contributed by atoms with Crippen LogP contribution in [0.4, 0.5) is 9.18 Å². The molecule has 2 N–H and O–H groups in total. The van der Waals surface area contributed by atoms with Gasteiger partial charge in [0.2, 0.25) is 5.89 Å². The van der Waals surface area contributed by atoms with Crippen molar-refractivity contribution in [3.8, 4) is 11.5 Å². The van der Waals surface area contributed by atoms with Crippen LogP contribution >= 0.6 is 0 Å². The van der Waals surface area contributed by atoms with E-state index in [2.05, 4.69) is 15.7 Å². The van der Waals surface area contributed by atoms with Gasteiger partial charge in [0, 0.05) is 5.56 Å². The van der Waals surface area contributed by atoms with Gasteiger partial charge in [-0.1, -0.05) is 6.92 Å². The molecule has 10 heteroatoms. The van der Waals surface area contributed by atoms with Gasteiger partial charge in [-0.2, -0.15) is 4.68 Å². The fourth-order valence-electron chi connectivity index (χ4n) is 2.85. The summed E-state index contributed by atoms with van der Waals surface area (Å²) < 4.78 is 24.2. The summed E-state index contributed by atoms with van der Waals surface area (Å²) in [5, 5.41) is 9.26. The van der Waals surface area contributed by atoms with Crippen molar-refractivity contribution in [3.63, 3.8) is 0 Å². The second kappa shape index (κ2) is 8.07. The minimum atomic E-state index is -0.782. The Hall–Kier alpha value is -3.43. The quantitative estimate of drug-likeness (QED) is 0.723. The van der Waals surface area contributed by atoms with E-state index in [0.717, 1.165) is 4.68 Å². The van der Waals surface area contributed by atoms with Crippen LogP contribution in [0, 0.1) is 5.82 Å². The number of ether oxygens (including phenoxy) is 1. The monoisotopic (exact) mass is 390 g/mol. The number of nitrogens with one attached hydrogen (secondary N) is 2. The van der Waals surface area contributed by atoms with Crippen LogP contribution in [0.25, 0.3) is 11.5 Å². The van der Waals surface area contributed by atoms with Gasteiger partial charge in [-0.25, -0.2) is 18.8 Å². The van der Waals surface area contributed by atoms with Gasteiger partial charge in [-0.15, -0.1) is 5.10 Å². The number of hydrogen-bond donors (Lipinski definition) is 2. The highest BCUT2D eigenvalue weighted by molar-refractivity contribution is 5.94. The zero-order valence-electron chi connectivity index (χ0n) is 15.3. The molecule has 28 heavy (non-hydrogen) atoms. The maximum atomic E-state index is 13.1. The summed E-state index contributed by atoms with van der Waals surface area (Å²) in [5.41, 5.74) is 0.843. The third-order valence-electron chi connectivity index (χ3n) is 4.15. The molecule has 2 amide bonds. The molecule has 1 aliphatic heterocycles. The first-order chi connectivity index (χ1) is 13.4. The molecule has 0 spiro atoms. The number of esters is 1. The van der Waals surface area contributed by atoms with Gasteiger partial charge >= 0.3 is 17.8 Å². The highest BCUT2D eigenvalue weighted by Crippen LogP contribution is 2.19. The number of allylic oxidation sites excluding steroid dienone is 1. The van der Waals surface area contributed by atoms with Gasteiger partial charge in [-0.3, -0.25) is 0 Å². The van der Waals surface area contributed by atoms with Crippen LogP contribution < -0.4 is 16.4 Å². The van der Waals surface area contributed by atoms with E-state index >= 15 is 0 Å². The second-order valence-electron chi connectivity index (χ2n) is 6.01. The molecule has 0 aliphatic carbocycles. The molecule has 9 nitrogen and oxygen atoms in total.